The Kier molecular flexibility index (Phi) is 5.04. The van der Waals surface area contributed by atoms with Crippen LogP contribution in [0.25, 0.3) is 0 Å². The lowest BCUT2D eigenvalue weighted by Gasteiger charge is -2.10. The standard InChI is InChI=1S/C18H16FN3O3S/c1-25-14-7-9-15(10-8-14)26(23,24)22-18-11-6-13(12-20-18)21-17-5-3-2-4-16(17)19/h2-12,21H,1H3,(H,20,22). The molecule has 1 aromatic heterocycles. The number of benzene rings is 2. The molecule has 0 aliphatic rings. The number of pyridine rings is 1. The summed E-state index contributed by atoms with van der Waals surface area (Å²) in [5.74, 6) is 0.322. The summed E-state index contributed by atoms with van der Waals surface area (Å²) in [5.41, 5.74) is 0.836. The summed E-state index contributed by atoms with van der Waals surface area (Å²) >= 11 is 0. The summed E-state index contributed by atoms with van der Waals surface area (Å²) in [6.45, 7) is 0. The first kappa shape index (κ1) is 17.7. The van der Waals surface area contributed by atoms with E-state index in [1.807, 2.05) is 0 Å². The number of nitrogens with zero attached hydrogens (tertiary/aromatic N) is 1. The minimum Gasteiger partial charge on any atom is -0.497 e. The Morgan fingerprint density at radius 1 is 1.00 bits per heavy atom. The first-order chi connectivity index (χ1) is 12.5. The molecule has 0 fully saturated rings. The molecule has 1 heterocycles. The summed E-state index contributed by atoms with van der Waals surface area (Å²) in [7, 11) is -2.26. The molecule has 0 bridgehead atoms. The number of aromatic nitrogens is 1. The largest absolute Gasteiger partial charge is 0.497 e. The molecule has 6 nitrogen and oxygen atoms in total. The van der Waals surface area contributed by atoms with Crippen LogP contribution in [0.1, 0.15) is 0 Å². The maximum absolute atomic E-state index is 13.6. The van der Waals surface area contributed by atoms with Gasteiger partial charge in [0.25, 0.3) is 10.0 Å². The van der Waals surface area contributed by atoms with Gasteiger partial charge in [0.2, 0.25) is 0 Å². The second-order valence-corrected chi connectivity index (χ2v) is 7.00. The average molecular weight is 373 g/mol. The van der Waals surface area contributed by atoms with Crippen molar-refractivity contribution in [3.05, 3.63) is 72.7 Å². The van der Waals surface area contributed by atoms with Gasteiger partial charge in [0.05, 0.1) is 29.6 Å². The topological polar surface area (TPSA) is 80.3 Å². The Labute approximate surface area is 150 Å². The highest BCUT2D eigenvalue weighted by molar-refractivity contribution is 7.92. The number of ether oxygens (including phenoxy) is 1. The molecule has 3 rings (SSSR count). The van der Waals surface area contributed by atoms with Crippen molar-refractivity contribution in [3.8, 4) is 5.75 Å². The lowest BCUT2D eigenvalue weighted by atomic mass is 10.3. The fourth-order valence-corrected chi connectivity index (χ4v) is 3.21. The van der Waals surface area contributed by atoms with Crippen LogP contribution in [0.2, 0.25) is 0 Å². The molecule has 0 radical (unpaired) electrons. The predicted molar refractivity (Wildman–Crippen MR) is 97.7 cm³/mol. The predicted octanol–water partition coefficient (Wildman–Crippen LogP) is 3.77. The van der Waals surface area contributed by atoms with Gasteiger partial charge in [0, 0.05) is 0 Å². The second-order valence-electron chi connectivity index (χ2n) is 5.32. The van der Waals surface area contributed by atoms with Gasteiger partial charge in [0.15, 0.2) is 0 Å². The van der Waals surface area contributed by atoms with Crippen molar-refractivity contribution in [1.82, 2.24) is 4.98 Å². The summed E-state index contributed by atoms with van der Waals surface area (Å²) in [6, 6.07) is 15.3. The van der Waals surface area contributed by atoms with Crippen molar-refractivity contribution in [2.24, 2.45) is 0 Å². The van der Waals surface area contributed by atoms with Crippen molar-refractivity contribution < 1.29 is 17.5 Å². The monoisotopic (exact) mass is 373 g/mol. The first-order valence-corrected chi connectivity index (χ1v) is 9.11. The third-order valence-electron chi connectivity index (χ3n) is 3.53. The molecule has 0 amide bonds. The number of rotatable bonds is 6. The van der Waals surface area contributed by atoms with E-state index in [2.05, 4.69) is 15.0 Å². The Morgan fingerprint density at radius 2 is 1.73 bits per heavy atom. The molecule has 2 N–H and O–H groups in total. The van der Waals surface area contributed by atoms with Gasteiger partial charge in [-0.25, -0.2) is 17.8 Å². The summed E-state index contributed by atoms with van der Waals surface area (Å²) in [6.07, 6.45) is 1.41. The fourth-order valence-electron chi connectivity index (χ4n) is 2.20. The Morgan fingerprint density at radius 3 is 2.35 bits per heavy atom. The fraction of sp³-hybridized carbons (Fsp3) is 0.0556. The number of anilines is 3. The molecule has 8 heteroatoms. The Hall–Kier alpha value is -3.13. The van der Waals surface area contributed by atoms with Crippen LogP contribution in [0.4, 0.5) is 21.6 Å². The molecule has 3 aromatic rings. The summed E-state index contributed by atoms with van der Waals surface area (Å²) in [4.78, 5) is 4.14. The zero-order valence-corrected chi connectivity index (χ0v) is 14.6. The highest BCUT2D eigenvalue weighted by atomic mass is 32.2. The number of nitrogens with one attached hydrogen (secondary N) is 2. The highest BCUT2D eigenvalue weighted by Crippen LogP contribution is 2.21. The van der Waals surface area contributed by atoms with E-state index in [0.29, 0.717) is 17.1 Å². The lowest BCUT2D eigenvalue weighted by Crippen LogP contribution is -2.13. The summed E-state index contributed by atoms with van der Waals surface area (Å²) < 4.78 is 45.8. The maximum Gasteiger partial charge on any atom is 0.263 e. The summed E-state index contributed by atoms with van der Waals surface area (Å²) in [5, 5.41) is 2.88. The molecule has 2 aromatic carbocycles. The van der Waals surface area contributed by atoms with Crippen LogP contribution in [0.3, 0.4) is 0 Å². The molecule has 0 unspecified atom stereocenters. The van der Waals surface area contributed by atoms with Gasteiger partial charge in [-0.2, -0.15) is 0 Å². The van der Waals surface area contributed by atoms with E-state index in [0.717, 1.165) is 0 Å². The van der Waals surface area contributed by atoms with Gasteiger partial charge in [-0.3, -0.25) is 4.72 Å². The minimum absolute atomic E-state index is 0.0914. The highest BCUT2D eigenvalue weighted by Gasteiger charge is 2.15. The van der Waals surface area contributed by atoms with Crippen molar-refractivity contribution in [3.63, 3.8) is 0 Å². The van der Waals surface area contributed by atoms with Gasteiger partial charge in [-0.05, 0) is 48.5 Å². The van der Waals surface area contributed by atoms with E-state index in [-0.39, 0.29) is 10.7 Å². The molecule has 0 aliphatic carbocycles. The van der Waals surface area contributed by atoms with E-state index in [1.54, 1.807) is 36.4 Å². The number of methoxy groups -OCH3 is 1. The first-order valence-electron chi connectivity index (χ1n) is 7.62. The van der Waals surface area contributed by atoms with Crippen LogP contribution in [0.5, 0.6) is 5.75 Å². The molecule has 134 valence electrons. The van der Waals surface area contributed by atoms with Crippen LogP contribution in [-0.2, 0) is 10.0 Å². The van der Waals surface area contributed by atoms with Crippen molar-refractivity contribution >= 4 is 27.2 Å². The average Bonchev–Trinajstić information content (AvgIpc) is 2.65. The zero-order valence-electron chi connectivity index (χ0n) is 13.8. The smallest absolute Gasteiger partial charge is 0.263 e. The number of halogens is 1. The van der Waals surface area contributed by atoms with E-state index < -0.39 is 15.8 Å². The van der Waals surface area contributed by atoms with E-state index in [9.17, 15) is 12.8 Å². The van der Waals surface area contributed by atoms with Crippen LogP contribution in [0.15, 0.2) is 71.8 Å². The lowest BCUT2D eigenvalue weighted by molar-refractivity contribution is 0.414. The molecule has 0 aliphatic heterocycles. The molecule has 26 heavy (non-hydrogen) atoms. The number of hydrogen-bond donors (Lipinski definition) is 2. The molecular formula is C18H16FN3O3S. The number of sulfonamides is 1. The quantitative estimate of drug-likeness (QED) is 0.687. The van der Waals surface area contributed by atoms with Crippen LogP contribution in [0, 0.1) is 5.82 Å². The maximum atomic E-state index is 13.6. The zero-order chi connectivity index (χ0) is 18.6. The second kappa shape index (κ2) is 7.40. The molecule has 0 saturated carbocycles. The van der Waals surface area contributed by atoms with Crippen LogP contribution < -0.4 is 14.8 Å². The van der Waals surface area contributed by atoms with Crippen LogP contribution in [-0.4, -0.2) is 20.5 Å². The third-order valence-corrected chi connectivity index (χ3v) is 4.90. The third kappa shape index (κ3) is 4.09. The normalized spacial score (nSPS) is 11.0. The van der Waals surface area contributed by atoms with E-state index >= 15 is 0 Å². The van der Waals surface area contributed by atoms with E-state index in [1.165, 1.54) is 37.6 Å². The minimum atomic E-state index is -3.77. The number of para-hydroxylation sites is 1. The van der Waals surface area contributed by atoms with E-state index in [4.69, 9.17) is 4.74 Å². The van der Waals surface area contributed by atoms with Crippen LogP contribution >= 0.6 is 0 Å². The van der Waals surface area contributed by atoms with Gasteiger partial charge in [-0.1, -0.05) is 12.1 Å². The van der Waals surface area contributed by atoms with Gasteiger partial charge < -0.3 is 10.1 Å². The molecule has 0 spiro atoms. The molecule has 0 saturated heterocycles. The van der Waals surface area contributed by atoms with Gasteiger partial charge in [0.1, 0.15) is 17.4 Å². The Bertz CT molecular complexity index is 991. The van der Waals surface area contributed by atoms with Gasteiger partial charge in [-0.15, -0.1) is 0 Å². The number of hydrogen-bond acceptors (Lipinski definition) is 5. The van der Waals surface area contributed by atoms with Gasteiger partial charge >= 0.3 is 0 Å². The molecule has 0 atom stereocenters. The van der Waals surface area contributed by atoms with Crippen molar-refractivity contribution in [2.45, 2.75) is 4.90 Å². The Balaban J connectivity index is 1.73. The molecular weight excluding hydrogens is 357 g/mol. The van der Waals surface area contributed by atoms with Crippen molar-refractivity contribution in [2.75, 3.05) is 17.1 Å². The van der Waals surface area contributed by atoms with Crippen molar-refractivity contribution in [1.29, 1.82) is 0 Å². The SMILES string of the molecule is COc1ccc(S(=O)(=O)Nc2ccc(Nc3ccccc3F)cn2)cc1.